The molecule has 0 unspecified atom stereocenters. The van der Waals surface area contributed by atoms with Gasteiger partial charge >= 0.3 is 0 Å². The summed E-state index contributed by atoms with van der Waals surface area (Å²) in [7, 11) is 0. The highest BCUT2D eigenvalue weighted by atomic mass is 16.5. The quantitative estimate of drug-likeness (QED) is 0.542. The van der Waals surface area contributed by atoms with Crippen molar-refractivity contribution in [3.8, 4) is 0 Å². The molecule has 0 radical (unpaired) electrons. The molecule has 5 heteroatoms. The van der Waals surface area contributed by atoms with Crippen LogP contribution in [0.15, 0.2) is 35.5 Å². The van der Waals surface area contributed by atoms with Crippen molar-refractivity contribution < 1.29 is 20.1 Å². The predicted octanol–water partition coefficient (Wildman–Crippen LogP) is 3.99. The van der Waals surface area contributed by atoms with Crippen LogP contribution in [0.3, 0.4) is 0 Å². The first-order valence-electron chi connectivity index (χ1n) is 13.1. The van der Waals surface area contributed by atoms with Crippen LogP contribution in [0.5, 0.6) is 0 Å². The van der Waals surface area contributed by atoms with Crippen molar-refractivity contribution >= 4 is 0 Å². The van der Waals surface area contributed by atoms with Gasteiger partial charge in [0.25, 0.3) is 0 Å². The minimum absolute atomic E-state index is 0.0901. The van der Waals surface area contributed by atoms with Gasteiger partial charge in [0.2, 0.25) is 0 Å². The minimum Gasteiger partial charge on any atom is -0.388 e. The van der Waals surface area contributed by atoms with Crippen molar-refractivity contribution in [2.75, 3.05) is 26.2 Å². The summed E-state index contributed by atoms with van der Waals surface area (Å²) in [5, 5.41) is 32.4. The second kappa shape index (κ2) is 9.94. The lowest BCUT2D eigenvalue weighted by molar-refractivity contribution is -0.0711. The van der Waals surface area contributed by atoms with Gasteiger partial charge in [0.1, 0.15) is 0 Å². The zero-order valence-electron chi connectivity index (χ0n) is 20.9. The average Bonchev–Trinajstić information content (AvgIpc) is 3.06. The lowest BCUT2D eigenvalue weighted by Crippen LogP contribution is -2.50. The van der Waals surface area contributed by atoms with Crippen LogP contribution >= 0.6 is 0 Å². The molecule has 0 spiro atoms. The van der Waals surface area contributed by atoms with E-state index in [0.29, 0.717) is 36.4 Å². The summed E-state index contributed by atoms with van der Waals surface area (Å²) in [4.78, 5) is 2.54. The molecular weight excluding hydrogens is 414 g/mol. The third-order valence-corrected chi connectivity index (χ3v) is 9.45. The molecule has 4 fully saturated rings. The van der Waals surface area contributed by atoms with E-state index in [-0.39, 0.29) is 5.41 Å². The number of hydrogen-bond donors (Lipinski definition) is 3. The topological polar surface area (TPSA) is 73.2 Å². The fourth-order valence-electron chi connectivity index (χ4n) is 7.28. The van der Waals surface area contributed by atoms with Gasteiger partial charge in [-0.3, -0.25) is 4.90 Å². The molecule has 0 bridgehead atoms. The fourth-order valence-corrected chi connectivity index (χ4v) is 7.28. The van der Waals surface area contributed by atoms with E-state index < -0.39 is 17.8 Å². The van der Waals surface area contributed by atoms with Gasteiger partial charge in [0, 0.05) is 18.5 Å². The first kappa shape index (κ1) is 25.1. The smallest absolute Gasteiger partial charge is 0.0915 e. The molecule has 0 aromatic heterocycles. The normalized spacial score (nSPS) is 42.4. The average molecular weight is 460 g/mol. The first-order valence-corrected chi connectivity index (χ1v) is 13.1. The number of morpholine rings is 1. The van der Waals surface area contributed by atoms with Crippen LogP contribution in [-0.2, 0) is 4.74 Å². The van der Waals surface area contributed by atoms with Gasteiger partial charge in [-0.25, -0.2) is 0 Å². The van der Waals surface area contributed by atoms with Gasteiger partial charge in [-0.2, -0.15) is 0 Å². The standard InChI is InChI=1S/C28H45NO4/c1-19(10-13-29-14-15-33-20(2)18-29)24-9-12-28(32)23(6-5-11-27(24,28)4)8-7-22-16-25(30)21(3)26(31)17-22/h7-8,19-20,24-26,30-32H,3,5-6,9-18H2,1-2,4H3/b23-8+/t19-,20+,24-,25-,26-,27-,28-/m1/s1. The Kier molecular flexibility index (Phi) is 7.57. The molecule has 1 saturated heterocycles. The highest BCUT2D eigenvalue weighted by Gasteiger charge is 2.60. The van der Waals surface area contributed by atoms with Crippen LogP contribution in [0.1, 0.15) is 72.1 Å². The molecule has 3 aliphatic carbocycles. The summed E-state index contributed by atoms with van der Waals surface area (Å²) < 4.78 is 5.69. The summed E-state index contributed by atoms with van der Waals surface area (Å²) in [6.45, 7) is 14.7. The number of aliphatic hydroxyl groups excluding tert-OH is 2. The maximum absolute atomic E-state index is 12.0. The highest BCUT2D eigenvalue weighted by molar-refractivity contribution is 5.34. The van der Waals surface area contributed by atoms with E-state index in [1.165, 1.54) is 6.42 Å². The van der Waals surface area contributed by atoms with E-state index >= 15 is 0 Å². The maximum atomic E-state index is 12.0. The lowest BCUT2D eigenvalue weighted by Gasteiger charge is -2.50. The molecule has 1 aliphatic heterocycles. The van der Waals surface area contributed by atoms with Crippen LogP contribution < -0.4 is 0 Å². The molecule has 1 heterocycles. The second-order valence-electron chi connectivity index (χ2n) is 11.6. The summed E-state index contributed by atoms with van der Waals surface area (Å²) in [5.74, 6) is 1.11. The molecule has 0 aromatic carbocycles. The molecule has 0 amide bonds. The van der Waals surface area contributed by atoms with Crippen molar-refractivity contribution in [3.05, 3.63) is 35.5 Å². The summed E-state index contributed by atoms with van der Waals surface area (Å²) in [5.41, 5.74) is 1.86. The monoisotopic (exact) mass is 459 g/mol. The maximum Gasteiger partial charge on any atom is 0.0915 e. The van der Waals surface area contributed by atoms with E-state index in [1.807, 2.05) is 6.08 Å². The van der Waals surface area contributed by atoms with Gasteiger partial charge in [-0.1, -0.05) is 38.2 Å². The lowest BCUT2D eigenvalue weighted by atomic mass is 9.58. The molecule has 3 saturated carbocycles. The van der Waals surface area contributed by atoms with E-state index in [0.717, 1.165) is 69.5 Å². The molecule has 4 aliphatic rings. The number of fused-ring (bicyclic) bond motifs is 1. The van der Waals surface area contributed by atoms with Crippen molar-refractivity contribution in [3.63, 3.8) is 0 Å². The van der Waals surface area contributed by atoms with Gasteiger partial charge in [-0.15, -0.1) is 0 Å². The van der Waals surface area contributed by atoms with Gasteiger partial charge in [-0.05, 0) is 87.8 Å². The molecule has 5 nitrogen and oxygen atoms in total. The minimum atomic E-state index is -0.746. The molecule has 3 N–H and O–H groups in total. The summed E-state index contributed by atoms with van der Waals surface area (Å²) >= 11 is 0. The van der Waals surface area contributed by atoms with E-state index in [1.54, 1.807) is 0 Å². The van der Waals surface area contributed by atoms with Gasteiger partial charge < -0.3 is 20.1 Å². The third-order valence-electron chi connectivity index (χ3n) is 9.45. The van der Waals surface area contributed by atoms with Crippen molar-refractivity contribution in [2.24, 2.45) is 17.3 Å². The SMILES string of the molecule is C=C1[C@H](O)CC(=C/C=C2\CCC[C@]3(C)[C@@H]([C@H](C)CCN4CCO[C@@H](C)C4)CC[C@@]23O)C[C@H]1O. The number of allylic oxidation sites excluding steroid dienone is 2. The second-order valence-corrected chi connectivity index (χ2v) is 11.6. The number of hydrogen-bond acceptors (Lipinski definition) is 5. The van der Waals surface area contributed by atoms with Crippen molar-refractivity contribution in [2.45, 2.75) is 96.1 Å². The van der Waals surface area contributed by atoms with E-state index in [2.05, 4.69) is 38.3 Å². The van der Waals surface area contributed by atoms with Crippen LogP contribution in [0, 0.1) is 17.3 Å². The Morgan fingerprint density at radius 3 is 2.64 bits per heavy atom. The fraction of sp³-hybridized carbons (Fsp3) is 0.786. The zero-order valence-corrected chi connectivity index (χ0v) is 20.9. The van der Waals surface area contributed by atoms with Crippen LogP contribution in [0.4, 0.5) is 0 Å². The highest BCUT2D eigenvalue weighted by Crippen LogP contribution is 2.62. The van der Waals surface area contributed by atoms with Crippen molar-refractivity contribution in [1.82, 2.24) is 4.90 Å². The summed E-state index contributed by atoms with van der Waals surface area (Å²) in [6.07, 6.45) is 10.4. The number of aliphatic hydroxyl groups is 3. The Morgan fingerprint density at radius 1 is 1.21 bits per heavy atom. The number of rotatable bonds is 5. The molecule has 33 heavy (non-hydrogen) atoms. The Hall–Kier alpha value is -0.980. The first-order chi connectivity index (χ1) is 15.6. The molecule has 186 valence electrons. The van der Waals surface area contributed by atoms with E-state index in [4.69, 9.17) is 4.74 Å². The van der Waals surface area contributed by atoms with Crippen LogP contribution in [-0.4, -0.2) is 70.4 Å². The molecular formula is C28H45NO4. The van der Waals surface area contributed by atoms with Gasteiger partial charge in [0.05, 0.1) is 30.5 Å². The Morgan fingerprint density at radius 2 is 1.94 bits per heavy atom. The molecule has 4 rings (SSSR count). The van der Waals surface area contributed by atoms with Gasteiger partial charge in [0.15, 0.2) is 0 Å². The number of ether oxygens (including phenoxy) is 1. The van der Waals surface area contributed by atoms with Crippen molar-refractivity contribution in [1.29, 1.82) is 0 Å². The summed E-state index contributed by atoms with van der Waals surface area (Å²) in [6, 6.07) is 0. The Balaban J connectivity index is 1.45. The van der Waals surface area contributed by atoms with Crippen LogP contribution in [0.25, 0.3) is 0 Å². The molecule has 0 aromatic rings. The zero-order chi connectivity index (χ0) is 23.8. The Bertz CT molecular complexity index is 775. The number of nitrogens with zero attached hydrogens (tertiary/aromatic N) is 1. The van der Waals surface area contributed by atoms with E-state index in [9.17, 15) is 15.3 Å². The Labute approximate surface area is 200 Å². The predicted molar refractivity (Wildman–Crippen MR) is 132 cm³/mol. The van der Waals surface area contributed by atoms with Crippen LogP contribution in [0.2, 0.25) is 0 Å². The largest absolute Gasteiger partial charge is 0.388 e. The molecule has 7 atom stereocenters. The third kappa shape index (κ3) is 4.90.